The fraction of sp³-hybridized carbons (Fsp3) is 0.462. The molecule has 110 valence electrons. The highest BCUT2D eigenvalue weighted by atomic mass is 32.2. The van der Waals surface area contributed by atoms with E-state index in [4.69, 9.17) is 0 Å². The number of carbonyl (C=O) groups is 1. The Labute approximate surface area is 116 Å². The van der Waals surface area contributed by atoms with Crippen molar-refractivity contribution in [2.24, 2.45) is 0 Å². The molecule has 1 aromatic carbocycles. The largest absolute Gasteiger partial charge is 0.340 e. The fourth-order valence-electron chi connectivity index (χ4n) is 2.04. The first kappa shape index (κ1) is 14.9. The average Bonchev–Trinajstić information content (AvgIpc) is 2.30. The van der Waals surface area contributed by atoms with Gasteiger partial charge in [0.15, 0.2) is 9.84 Å². The molecule has 0 unspecified atom stereocenters. The SMILES string of the molecule is CCS(=O)(=O)C1CN(C(=O)Cc2ccc(F)cc2F)C1. The van der Waals surface area contributed by atoms with E-state index in [0.717, 1.165) is 12.1 Å². The Bertz CT molecular complexity index is 625. The van der Waals surface area contributed by atoms with Crippen molar-refractivity contribution < 1.29 is 22.0 Å². The number of benzene rings is 1. The van der Waals surface area contributed by atoms with Crippen LogP contribution in [0.4, 0.5) is 8.78 Å². The number of hydrogen-bond acceptors (Lipinski definition) is 3. The Balaban J connectivity index is 1.95. The van der Waals surface area contributed by atoms with Crippen LogP contribution >= 0.6 is 0 Å². The zero-order chi connectivity index (χ0) is 14.9. The van der Waals surface area contributed by atoms with Crippen LogP contribution in [0.2, 0.25) is 0 Å². The van der Waals surface area contributed by atoms with Gasteiger partial charge in [-0.15, -0.1) is 0 Å². The maximum absolute atomic E-state index is 13.4. The molecule has 0 radical (unpaired) electrons. The molecule has 0 atom stereocenters. The number of rotatable bonds is 4. The van der Waals surface area contributed by atoms with E-state index in [1.54, 1.807) is 6.92 Å². The zero-order valence-electron chi connectivity index (χ0n) is 11.0. The quantitative estimate of drug-likeness (QED) is 0.838. The molecule has 0 saturated carbocycles. The molecule has 1 aliphatic rings. The Morgan fingerprint density at radius 3 is 2.55 bits per heavy atom. The van der Waals surface area contributed by atoms with Crippen LogP contribution in [0.25, 0.3) is 0 Å². The zero-order valence-corrected chi connectivity index (χ0v) is 11.8. The van der Waals surface area contributed by atoms with E-state index >= 15 is 0 Å². The average molecular weight is 303 g/mol. The van der Waals surface area contributed by atoms with E-state index in [1.165, 1.54) is 11.0 Å². The van der Waals surface area contributed by atoms with Gasteiger partial charge in [0, 0.05) is 24.9 Å². The van der Waals surface area contributed by atoms with Crippen LogP contribution in [-0.4, -0.2) is 43.3 Å². The van der Waals surface area contributed by atoms with Crippen molar-refractivity contribution in [3.05, 3.63) is 35.4 Å². The van der Waals surface area contributed by atoms with Crippen LogP contribution in [0.1, 0.15) is 12.5 Å². The fourth-order valence-corrected chi connectivity index (χ4v) is 3.33. The van der Waals surface area contributed by atoms with Gasteiger partial charge in [-0.1, -0.05) is 13.0 Å². The Hall–Kier alpha value is -1.50. The van der Waals surface area contributed by atoms with Gasteiger partial charge >= 0.3 is 0 Å². The summed E-state index contributed by atoms with van der Waals surface area (Å²) < 4.78 is 49.3. The van der Waals surface area contributed by atoms with E-state index in [1.807, 2.05) is 0 Å². The Kier molecular flexibility index (Phi) is 4.08. The highest BCUT2D eigenvalue weighted by molar-refractivity contribution is 7.92. The highest BCUT2D eigenvalue weighted by Crippen LogP contribution is 2.19. The summed E-state index contributed by atoms with van der Waals surface area (Å²) in [6, 6.07) is 3.04. The minimum Gasteiger partial charge on any atom is -0.340 e. The summed E-state index contributed by atoms with van der Waals surface area (Å²) in [4.78, 5) is 13.2. The first-order chi connectivity index (χ1) is 9.33. The molecular weight excluding hydrogens is 288 g/mol. The smallest absolute Gasteiger partial charge is 0.227 e. The third kappa shape index (κ3) is 2.98. The first-order valence-corrected chi connectivity index (χ1v) is 7.98. The van der Waals surface area contributed by atoms with E-state index in [-0.39, 0.29) is 36.7 Å². The summed E-state index contributed by atoms with van der Waals surface area (Å²) in [5.74, 6) is -1.77. The molecule has 0 aromatic heterocycles. The summed E-state index contributed by atoms with van der Waals surface area (Å²) in [5.41, 5.74) is 0.109. The van der Waals surface area contributed by atoms with Gasteiger partial charge in [-0.2, -0.15) is 0 Å². The lowest BCUT2D eigenvalue weighted by atomic mass is 10.1. The lowest BCUT2D eigenvalue weighted by Crippen LogP contribution is -2.57. The van der Waals surface area contributed by atoms with Crippen LogP contribution in [0, 0.1) is 11.6 Å². The molecule has 1 saturated heterocycles. The number of amides is 1. The number of sulfone groups is 1. The van der Waals surface area contributed by atoms with Gasteiger partial charge in [-0.3, -0.25) is 4.79 Å². The van der Waals surface area contributed by atoms with Gasteiger partial charge in [0.25, 0.3) is 0 Å². The van der Waals surface area contributed by atoms with Crippen molar-refractivity contribution in [3.8, 4) is 0 Å². The van der Waals surface area contributed by atoms with Crippen LogP contribution in [0.3, 0.4) is 0 Å². The summed E-state index contributed by atoms with van der Waals surface area (Å²) in [6.07, 6.45) is -0.189. The van der Waals surface area contributed by atoms with Gasteiger partial charge in [-0.25, -0.2) is 17.2 Å². The standard InChI is InChI=1S/C13H15F2NO3S/c1-2-20(18,19)11-7-16(8-11)13(17)5-9-3-4-10(14)6-12(9)15/h3-4,6,11H,2,5,7-8H2,1H3. The van der Waals surface area contributed by atoms with E-state index in [0.29, 0.717) is 0 Å². The number of nitrogens with zero attached hydrogens (tertiary/aromatic N) is 1. The molecule has 20 heavy (non-hydrogen) atoms. The lowest BCUT2D eigenvalue weighted by Gasteiger charge is -2.38. The van der Waals surface area contributed by atoms with Crippen LogP contribution in [-0.2, 0) is 21.1 Å². The van der Waals surface area contributed by atoms with E-state index in [2.05, 4.69) is 0 Å². The second-order valence-corrected chi connectivity index (χ2v) is 7.35. The topological polar surface area (TPSA) is 54.5 Å². The summed E-state index contributed by atoms with van der Waals surface area (Å²) in [6.45, 7) is 1.86. The molecule has 1 amide bonds. The highest BCUT2D eigenvalue weighted by Gasteiger charge is 2.38. The maximum atomic E-state index is 13.4. The normalized spacial score (nSPS) is 16.1. The van der Waals surface area contributed by atoms with Gasteiger partial charge in [0.1, 0.15) is 11.6 Å². The van der Waals surface area contributed by atoms with Crippen molar-refractivity contribution in [3.63, 3.8) is 0 Å². The minimum absolute atomic E-state index is 0.0479. The van der Waals surface area contributed by atoms with Crippen molar-refractivity contribution in [1.82, 2.24) is 4.90 Å². The van der Waals surface area contributed by atoms with Gasteiger partial charge in [-0.05, 0) is 11.6 Å². The number of likely N-dealkylation sites (tertiary alicyclic amines) is 1. The van der Waals surface area contributed by atoms with Crippen LogP contribution in [0.5, 0.6) is 0 Å². The van der Waals surface area contributed by atoms with Crippen molar-refractivity contribution in [2.75, 3.05) is 18.8 Å². The van der Waals surface area contributed by atoms with Crippen molar-refractivity contribution in [2.45, 2.75) is 18.6 Å². The van der Waals surface area contributed by atoms with E-state index < -0.39 is 26.7 Å². The second-order valence-electron chi connectivity index (χ2n) is 4.78. The third-order valence-corrected chi connectivity index (χ3v) is 5.59. The number of halogens is 2. The van der Waals surface area contributed by atoms with Gasteiger partial charge in [0.05, 0.1) is 11.7 Å². The molecular formula is C13H15F2NO3S. The summed E-state index contributed by atoms with van der Waals surface area (Å²) in [5, 5.41) is -0.519. The molecule has 2 rings (SSSR count). The van der Waals surface area contributed by atoms with Gasteiger partial charge in [0.2, 0.25) is 5.91 Å². The molecule has 0 spiro atoms. The Morgan fingerprint density at radius 1 is 1.35 bits per heavy atom. The first-order valence-electron chi connectivity index (χ1n) is 6.26. The summed E-state index contributed by atoms with van der Waals surface area (Å²) >= 11 is 0. The monoisotopic (exact) mass is 303 g/mol. The molecule has 0 bridgehead atoms. The van der Waals surface area contributed by atoms with Crippen molar-refractivity contribution in [1.29, 1.82) is 0 Å². The molecule has 7 heteroatoms. The summed E-state index contributed by atoms with van der Waals surface area (Å²) in [7, 11) is -3.13. The molecule has 0 N–H and O–H groups in total. The molecule has 1 fully saturated rings. The predicted octanol–water partition coefficient (Wildman–Crippen LogP) is 1.15. The Morgan fingerprint density at radius 2 is 2.00 bits per heavy atom. The molecule has 1 aromatic rings. The van der Waals surface area contributed by atoms with Gasteiger partial charge < -0.3 is 4.90 Å². The third-order valence-electron chi connectivity index (χ3n) is 3.47. The van der Waals surface area contributed by atoms with Crippen molar-refractivity contribution >= 4 is 15.7 Å². The second kappa shape index (κ2) is 5.47. The number of carbonyl (C=O) groups excluding carboxylic acids is 1. The lowest BCUT2D eigenvalue weighted by molar-refractivity contribution is -0.133. The number of hydrogen-bond donors (Lipinski definition) is 0. The van der Waals surface area contributed by atoms with Crippen LogP contribution < -0.4 is 0 Å². The predicted molar refractivity (Wildman–Crippen MR) is 69.9 cm³/mol. The molecule has 1 heterocycles. The molecule has 0 aliphatic carbocycles. The van der Waals surface area contributed by atoms with E-state index in [9.17, 15) is 22.0 Å². The van der Waals surface area contributed by atoms with Crippen LogP contribution in [0.15, 0.2) is 18.2 Å². The maximum Gasteiger partial charge on any atom is 0.227 e. The minimum atomic E-state index is -3.13. The molecule has 1 aliphatic heterocycles. The molecule has 4 nitrogen and oxygen atoms in total.